The van der Waals surface area contributed by atoms with Crippen molar-refractivity contribution in [3.8, 4) is 0 Å². The molecule has 0 spiro atoms. The van der Waals surface area contributed by atoms with E-state index in [-0.39, 0.29) is 35.9 Å². The van der Waals surface area contributed by atoms with Crippen LogP contribution in [-0.4, -0.2) is 45.2 Å². The van der Waals surface area contributed by atoms with Crippen LogP contribution in [0.1, 0.15) is 60.8 Å². The quantitative estimate of drug-likeness (QED) is 0.806. The van der Waals surface area contributed by atoms with Crippen molar-refractivity contribution in [1.82, 2.24) is 15.1 Å². The number of hydrogen-bond acceptors (Lipinski definition) is 3. The number of halogens is 1. The van der Waals surface area contributed by atoms with Crippen LogP contribution >= 0.6 is 0 Å². The van der Waals surface area contributed by atoms with E-state index < -0.39 is 5.97 Å². The average Bonchev–Trinajstić information content (AvgIpc) is 3.21. The second-order valence-corrected chi connectivity index (χ2v) is 8.17. The van der Waals surface area contributed by atoms with Crippen LogP contribution in [0.4, 0.5) is 4.39 Å². The van der Waals surface area contributed by atoms with E-state index in [1.54, 1.807) is 12.1 Å². The normalized spacial score (nSPS) is 20.9. The number of carboxylic acids is 1. The number of aromatic nitrogens is 2. The molecule has 2 atom stereocenters. The fraction of sp³-hybridized carbons (Fsp3) is 0.500. The summed E-state index contributed by atoms with van der Waals surface area (Å²) in [6, 6.07) is 6.13. The number of hydrogen-bond donors (Lipinski definition) is 2. The van der Waals surface area contributed by atoms with Gasteiger partial charge in [-0.05, 0) is 67.2 Å². The molecule has 6 nitrogen and oxygen atoms in total. The molecule has 1 fully saturated rings. The minimum atomic E-state index is -0.855. The molecule has 1 aromatic carbocycles. The summed E-state index contributed by atoms with van der Waals surface area (Å²) in [5, 5.41) is 16.5. The van der Waals surface area contributed by atoms with E-state index in [4.69, 9.17) is 0 Å². The standard InChI is InChI=1S/C22H26FN3O3/c23-17-6-4-14(5-7-17)19(12-20(27)28)15-8-10-26(11-9-15)22(29)18-3-1-2-16-13-24-25-21(16)18/h4-7,13,15,18-19H,1-3,8-12H2,(H,24,25)(H,27,28). The molecule has 0 bridgehead atoms. The van der Waals surface area contributed by atoms with Gasteiger partial charge < -0.3 is 10.0 Å². The second-order valence-electron chi connectivity index (χ2n) is 8.17. The summed E-state index contributed by atoms with van der Waals surface area (Å²) in [6.07, 6.45) is 6.14. The first-order valence-corrected chi connectivity index (χ1v) is 10.3. The minimum absolute atomic E-state index is 0.0182. The fourth-order valence-corrected chi connectivity index (χ4v) is 4.91. The monoisotopic (exact) mass is 399 g/mol. The van der Waals surface area contributed by atoms with Gasteiger partial charge in [0, 0.05) is 13.1 Å². The maximum absolute atomic E-state index is 13.3. The molecule has 0 saturated carbocycles. The maximum Gasteiger partial charge on any atom is 0.303 e. The number of piperidine rings is 1. The molecule has 2 aromatic rings. The van der Waals surface area contributed by atoms with Crippen LogP contribution in [0, 0.1) is 11.7 Å². The Kier molecular flexibility index (Phi) is 5.65. The van der Waals surface area contributed by atoms with Gasteiger partial charge in [-0.15, -0.1) is 0 Å². The molecular formula is C22H26FN3O3. The number of amides is 1. The Morgan fingerprint density at radius 3 is 2.62 bits per heavy atom. The van der Waals surface area contributed by atoms with Gasteiger partial charge in [-0.1, -0.05) is 12.1 Å². The number of nitrogens with zero attached hydrogens (tertiary/aromatic N) is 2. The van der Waals surface area contributed by atoms with Crippen molar-refractivity contribution in [2.24, 2.45) is 5.92 Å². The Hall–Kier alpha value is -2.70. The van der Waals surface area contributed by atoms with Crippen LogP contribution in [0.15, 0.2) is 30.5 Å². The third-order valence-electron chi connectivity index (χ3n) is 6.45. The average molecular weight is 399 g/mol. The van der Waals surface area contributed by atoms with E-state index in [1.807, 2.05) is 11.1 Å². The van der Waals surface area contributed by atoms with Gasteiger partial charge in [0.15, 0.2) is 0 Å². The van der Waals surface area contributed by atoms with Crippen LogP contribution in [0.3, 0.4) is 0 Å². The lowest BCUT2D eigenvalue weighted by Gasteiger charge is -2.38. The molecule has 1 aromatic heterocycles. The number of fused-ring (bicyclic) bond motifs is 1. The van der Waals surface area contributed by atoms with E-state index >= 15 is 0 Å². The van der Waals surface area contributed by atoms with E-state index in [2.05, 4.69) is 10.2 Å². The molecule has 0 radical (unpaired) electrons. The number of carbonyl (C=O) groups excluding carboxylic acids is 1. The number of carbonyl (C=O) groups is 2. The lowest BCUT2D eigenvalue weighted by molar-refractivity contribution is -0.139. The number of H-pyrrole nitrogens is 1. The van der Waals surface area contributed by atoms with Gasteiger partial charge in [-0.25, -0.2) is 4.39 Å². The summed E-state index contributed by atoms with van der Waals surface area (Å²) in [4.78, 5) is 26.4. The van der Waals surface area contributed by atoms with Gasteiger partial charge in [0.25, 0.3) is 0 Å². The number of nitrogens with one attached hydrogen (secondary N) is 1. The number of aryl methyl sites for hydroxylation is 1. The van der Waals surface area contributed by atoms with E-state index in [9.17, 15) is 19.1 Å². The Bertz CT molecular complexity index is 872. The maximum atomic E-state index is 13.3. The van der Waals surface area contributed by atoms with Crippen LogP contribution in [-0.2, 0) is 16.0 Å². The van der Waals surface area contributed by atoms with Crippen molar-refractivity contribution >= 4 is 11.9 Å². The lowest BCUT2D eigenvalue weighted by atomic mass is 9.78. The molecule has 2 heterocycles. The molecule has 1 amide bonds. The molecule has 1 aliphatic carbocycles. The third kappa shape index (κ3) is 4.18. The number of aliphatic carboxylic acids is 1. The molecule has 7 heteroatoms. The van der Waals surface area contributed by atoms with Gasteiger partial charge >= 0.3 is 5.97 Å². The molecule has 1 saturated heterocycles. The predicted molar refractivity (Wildman–Crippen MR) is 105 cm³/mol. The van der Waals surface area contributed by atoms with Crippen molar-refractivity contribution in [2.75, 3.05) is 13.1 Å². The second kappa shape index (κ2) is 8.35. The summed E-state index contributed by atoms with van der Waals surface area (Å²) >= 11 is 0. The third-order valence-corrected chi connectivity index (χ3v) is 6.45. The van der Waals surface area contributed by atoms with Crippen LogP contribution < -0.4 is 0 Å². The van der Waals surface area contributed by atoms with Crippen molar-refractivity contribution in [2.45, 2.75) is 50.4 Å². The fourth-order valence-electron chi connectivity index (χ4n) is 4.91. The van der Waals surface area contributed by atoms with Crippen LogP contribution in [0.5, 0.6) is 0 Å². The largest absolute Gasteiger partial charge is 0.481 e. The van der Waals surface area contributed by atoms with Crippen molar-refractivity contribution in [1.29, 1.82) is 0 Å². The summed E-state index contributed by atoms with van der Waals surface area (Å²) < 4.78 is 13.3. The molecule has 154 valence electrons. The zero-order valence-electron chi connectivity index (χ0n) is 16.3. The lowest BCUT2D eigenvalue weighted by Crippen LogP contribution is -2.43. The topological polar surface area (TPSA) is 86.3 Å². The Morgan fingerprint density at radius 2 is 1.93 bits per heavy atom. The molecule has 1 aliphatic heterocycles. The molecule has 2 unspecified atom stereocenters. The highest BCUT2D eigenvalue weighted by Crippen LogP contribution is 2.37. The number of benzene rings is 1. The summed E-state index contributed by atoms with van der Waals surface area (Å²) in [6.45, 7) is 1.25. The number of carboxylic acid groups (broad SMARTS) is 1. The Morgan fingerprint density at radius 1 is 1.21 bits per heavy atom. The molecule has 2 aliphatic rings. The smallest absolute Gasteiger partial charge is 0.303 e. The highest BCUT2D eigenvalue weighted by Gasteiger charge is 2.35. The summed E-state index contributed by atoms with van der Waals surface area (Å²) in [5.41, 5.74) is 2.95. The molecular weight excluding hydrogens is 373 g/mol. The highest BCUT2D eigenvalue weighted by molar-refractivity contribution is 5.84. The minimum Gasteiger partial charge on any atom is -0.481 e. The SMILES string of the molecule is O=C(O)CC(c1ccc(F)cc1)C1CCN(C(=O)C2CCCc3cn[nH]c32)CC1. The first kappa shape index (κ1) is 19.6. The van der Waals surface area contributed by atoms with Gasteiger partial charge in [0.05, 0.1) is 24.2 Å². The van der Waals surface area contributed by atoms with E-state index in [0.29, 0.717) is 13.1 Å². The van der Waals surface area contributed by atoms with Crippen molar-refractivity contribution < 1.29 is 19.1 Å². The van der Waals surface area contributed by atoms with E-state index in [0.717, 1.165) is 48.9 Å². The van der Waals surface area contributed by atoms with Crippen molar-refractivity contribution in [3.63, 3.8) is 0 Å². The molecule has 4 rings (SSSR count). The van der Waals surface area contributed by atoms with Crippen molar-refractivity contribution in [3.05, 3.63) is 53.1 Å². The predicted octanol–water partition coefficient (Wildman–Crippen LogP) is 3.47. The first-order chi connectivity index (χ1) is 14.0. The Labute approximate surface area is 169 Å². The van der Waals surface area contributed by atoms with Crippen LogP contribution in [0.25, 0.3) is 0 Å². The van der Waals surface area contributed by atoms with Crippen LogP contribution in [0.2, 0.25) is 0 Å². The van der Waals surface area contributed by atoms with Gasteiger partial charge in [-0.3, -0.25) is 14.7 Å². The number of likely N-dealkylation sites (tertiary alicyclic amines) is 1. The first-order valence-electron chi connectivity index (χ1n) is 10.3. The zero-order valence-corrected chi connectivity index (χ0v) is 16.3. The Balaban J connectivity index is 1.43. The van der Waals surface area contributed by atoms with E-state index in [1.165, 1.54) is 12.1 Å². The molecule has 2 N–H and O–H groups in total. The molecule has 29 heavy (non-hydrogen) atoms. The number of aromatic amines is 1. The summed E-state index contributed by atoms with van der Waals surface area (Å²) in [7, 11) is 0. The highest BCUT2D eigenvalue weighted by atomic mass is 19.1. The van der Waals surface area contributed by atoms with Gasteiger partial charge in [0.2, 0.25) is 5.91 Å². The number of rotatable bonds is 5. The van der Waals surface area contributed by atoms with Gasteiger partial charge in [0.1, 0.15) is 5.82 Å². The summed E-state index contributed by atoms with van der Waals surface area (Å²) in [5.74, 6) is -1.19. The zero-order chi connectivity index (χ0) is 20.4. The van der Waals surface area contributed by atoms with Gasteiger partial charge in [-0.2, -0.15) is 5.10 Å².